The van der Waals surface area contributed by atoms with Crippen LogP contribution in [-0.4, -0.2) is 40.9 Å². The van der Waals surface area contributed by atoms with Crippen molar-refractivity contribution in [3.05, 3.63) is 83.4 Å². The third kappa shape index (κ3) is 4.50. The van der Waals surface area contributed by atoms with E-state index in [4.69, 9.17) is 4.74 Å². The highest BCUT2D eigenvalue weighted by atomic mass is 16.5. The maximum atomic E-state index is 13.0. The van der Waals surface area contributed by atoms with E-state index < -0.39 is 12.0 Å². The van der Waals surface area contributed by atoms with E-state index in [-0.39, 0.29) is 17.7 Å². The molecule has 7 heteroatoms. The predicted octanol–water partition coefficient (Wildman–Crippen LogP) is 4.68. The van der Waals surface area contributed by atoms with E-state index in [1.165, 1.54) is 4.90 Å². The lowest BCUT2D eigenvalue weighted by atomic mass is 10.00. The highest BCUT2D eigenvalue weighted by Gasteiger charge is 2.38. The van der Waals surface area contributed by atoms with Crippen LogP contribution in [0, 0.1) is 5.92 Å². The Morgan fingerprint density at radius 3 is 2.21 bits per heavy atom. The Hall–Kier alpha value is -4.13. The predicted molar refractivity (Wildman–Crippen MR) is 129 cm³/mol. The summed E-state index contributed by atoms with van der Waals surface area (Å²) in [6.07, 6.45) is 0. The van der Waals surface area contributed by atoms with Gasteiger partial charge in [-0.2, -0.15) is 0 Å². The lowest BCUT2D eigenvalue weighted by Crippen LogP contribution is -2.44. The van der Waals surface area contributed by atoms with Crippen LogP contribution in [0.15, 0.2) is 66.7 Å². The number of methoxy groups -OCH3 is 1. The zero-order valence-electron chi connectivity index (χ0n) is 19.2. The van der Waals surface area contributed by atoms with Gasteiger partial charge in [0.25, 0.3) is 11.8 Å². The second kappa shape index (κ2) is 9.39. The SMILES string of the molecule is COc1ccc(C(=O)Nc2ccc(-c3ccc4c(c3)C(=O)N(C(C(=O)O)C(C)C)C4)cc2)cc1. The van der Waals surface area contributed by atoms with Crippen LogP contribution >= 0.6 is 0 Å². The molecule has 2 amide bonds. The van der Waals surface area contributed by atoms with Crippen molar-refractivity contribution in [3.8, 4) is 16.9 Å². The van der Waals surface area contributed by atoms with E-state index in [1.807, 2.05) is 30.3 Å². The standard InChI is InChI=1S/C27H26N2O5/c1-16(2)24(27(32)33)29-15-20-5-4-19(14-23(20)26(29)31)17-6-10-21(11-7-17)28-25(30)18-8-12-22(34-3)13-9-18/h4-14,16,24H,15H2,1-3H3,(H,28,30)(H,32,33). The van der Waals surface area contributed by atoms with Gasteiger partial charge in [0.15, 0.2) is 0 Å². The van der Waals surface area contributed by atoms with E-state index in [1.54, 1.807) is 57.4 Å². The van der Waals surface area contributed by atoms with Gasteiger partial charge in [0, 0.05) is 23.4 Å². The number of fused-ring (bicyclic) bond motifs is 1. The van der Waals surface area contributed by atoms with Crippen molar-refractivity contribution in [1.29, 1.82) is 0 Å². The molecule has 3 aromatic rings. The minimum absolute atomic E-state index is 0.198. The number of rotatable bonds is 7. The number of aliphatic carboxylic acids is 1. The fourth-order valence-electron chi connectivity index (χ4n) is 4.20. The maximum absolute atomic E-state index is 13.0. The largest absolute Gasteiger partial charge is 0.497 e. The van der Waals surface area contributed by atoms with Crippen LogP contribution in [-0.2, 0) is 11.3 Å². The average molecular weight is 459 g/mol. The molecule has 0 saturated carbocycles. The van der Waals surface area contributed by atoms with Crippen LogP contribution in [0.4, 0.5) is 5.69 Å². The summed E-state index contributed by atoms with van der Waals surface area (Å²) >= 11 is 0. The fraction of sp³-hybridized carbons (Fsp3) is 0.222. The number of amides is 2. The van der Waals surface area contributed by atoms with Gasteiger partial charge in [0.05, 0.1) is 7.11 Å². The van der Waals surface area contributed by atoms with Gasteiger partial charge < -0.3 is 20.1 Å². The number of nitrogens with zero attached hydrogens (tertiary/aromatic N) is 1. The summed E-state index contributed by atoms with van der Waals surface area (Å²) in [5.41, 5.74) is 4.25. The first-order chi connectivity index (χ1) is 16.3. The van der Waals surface area contributed by atoms with E-state index in [9.17, 15) is 19.5 Å². The molecule has 0 aliphatic carbocycles. The van der Waals surface area contributed by atoms with Crippen molar-refractivity contribution in [3.63, 3.8) is 0 Å². The first-order valence-corrected chi connectivity index (χ1v) is 11.0. The molecule has 1 aliphatic rings. The lowest BCUT2D eigenvalue weighted by molar-refractivity contribution is -0.144. The number of anilines is 1. The van der Waals surface area contributed by atoms with Crippen molar-refractivity contribution in [2.45, 2.75) is 26.4 Å². The highest BCUT2D eigenvalue weighted by Crippen LogP contribution is 2.31. The van der Waals surface area contributed by atoms with Gasteiger partial charge >= 0.3 is 5.97 Å². The Morgan fingerprint density at radius 2 is 1.62 bits per heavy atom. The molecule has 34 heavy (non-hydrogen) atoms. The van der Waals surface area contributed by atoms with Gasteiger partial charge in [-0.1, -0.05) is 38.1 Å². The van der Waals surface area contributed by atoms with Crippen molar-refractivity contribution in [2.75, 3.05) is 12.4 Å². The molecule has 0 saturated heterocycles. The molecule has 0 bridgehead atoms. The second-order valence-electron chi connectivity index (χ2n) is 8.59. The maximum Gasteiger partial charge on any atom is 0.326 e. The minimum Gasteiger partial charge on any atom is -0.497 e. The van der Waals surface area contributed by atoms with Crippen LogP contribution in [0.1, 0.15) is 40.1 Å². The van der Waals surface area contributed by atoms with Crippen LogP contribution in [0.2, 0.25) is 0 Å². The molecule has 7 nitrogen and oxygen atoms in total. The van der Waals surface area contributed by atoms with E-state index in [2.05, 4.69) is 5.32 Å². The zero-order chi connectivity index (χ0) is 24.4. The van der Waals surface area contributed by atoms with Gasteiger partial charge in [0.1, 0.15) is 11.8 Å². The number of nitrogens with one attached hydrogen (secondary N) is 1. The van der Waals surface area contributed by atoms with Gasteiger partial charge in [-0.15, -0.1) is 0 Å². The van der Waals surface area contributed by atoms with Crippen molar-refractivity contribution < 1.29 is 24.2 Å². The Balaban J connectivity index is 1.50. The average Bonchev–Trinajstić information content (AvgIpc) is 3.14. The molecule has 0 spiro atoms. The number of hydrogen-bond donors (Lipinski definition) is 2. The van der Waals surface area contributed by atoms with Crippen LogP contribution in [0.5, 0.6) is 5.75 Å². The molecule has 0 fully saturated rings. The number of hydrogen-bond acceptors (Lipinski definition) is 4. The molecular formula is C27H26N2O5. The smallest absolute Gasteiger partial charge is 0.326 e. The first-order valence-electron chi connectivity index (χ1n) is 11.0. The summed E-state index contributed by atoms with van der Waals surface area (Å²) < 4.78 is 5.11. The molecule has 0 radical (unpaired) electrons. The summed E-state index contributed by atoms with van der Waals surface area (Å²) in [5.74, 6) is -1.00. The number of carboxylic acids is 1. The Labute approximate surface area is 198 Å². The Morgan fingerprint density at radius 1 is 0.971 bits per heavy atom. The molecular weight excluding hydrogens is 432 g/mol. The summed E-state index contributed by atoms with van der Waals surface area (Å²) in [5, 5.41) is 12.5. The molecule has 174 valence electrons. The van der Waals surface area contributed by atoms with Gasteiger partial charge in [-0.05, 0) is 65.1 Å². The molecule has 1 heterocycles. The molecule has 2 N–H and O–H groups in total. The number of carbonyl (C=O) groups excluding carboxylic acids is 2. The molecule has 4 rings (SSSR count). The highest BCUT2D eigenvalue weighted by molar-refractivity contribution is 6.04. The quantitative estimate of drug-likeness (QED) is 0.536. The molecule has 3 aromatic carbocycles. The summed E-state index contributed by atoms with van der Waals surface area (Å²) in [6, 6.07) is 18.9. The third-order valence-corrected chi connectivity index (χ3v) is 5.99. The number of carboxylic acid groups (broad SMARTS) is 1. The van der Waals surface area contributed by atoms with Crippen molar-refractivity contribution in [1.82, 2.24) is 4.90 Å². The van der Waals surface area contributed by atoms with E-state index in [0.29, 0.717) is 29.1 Å². The van der Waals surface area contributed by atoms with E-state index in [0.717, 1.165) is 16.7 Å². The number of benzene rings is 3. The summed E-state index contributed by atoms with van der Waals surface area (Å²) in [6.45, 7) is 3.89. The Bertz CT molecular complexity index is 1230. The monoisotopic (exact) mass is 458 g/mol. The first kappa shape index (κ1) is 23.0. The van der Waals surface area contributed by atoms with Crippen LogP contribution in [0.25, 0.3) is 11.1 Å². The van der Waals surface area contributed by atoms with Gasteiger partial charge in [-0.3, -0.25) is 9.59 Å². The van der Waals surface area contributed by atoms with Crippen molar-refractivity contribution >= 4 is 23.5 Å². The molecule has 1 atom stereocenters. The molecule has 0 aromatic heterocycles. The fourth-order valence-corrected chi connectivity index (χ4v) is 4.20. The Kier molecular flexibility index (Phi) is 6.36. The molecule has 1 unspecified atom stereocenters. The van der Waals surface area contributed by atoms with Crippen molar-refractivity contribution in [2.24, 2.45) is 5.92 Å². The van der Waals surface area contributed by atoms with Gasteiger partial charge in [0.2, 0.25) is 0 Å². The summed E-state index contributed by atoms with van der Waals surface area (Å²) in [7, 11) is 1.57. The third-order valence-electron chi connectivity index (χ3n) is 5.99. The molecule has 1 aliphatic heterocycles. The van der Waals surface area contributed by atoms with Crippen LogP contribution < -0.4 is 10.1 Å². The topological polar surface area (TPSA) is 95.9 Å². The zero-order valence-corrected chi connectivity index (χ0v) is 19.2. The van der Waals surface area contributed by atoms with Gasteiger partial charge in [-0.25, -0.2) is 4.79 Å². The minimum atomic E-state index is -0.997. The lowest BCUT2D eigenvalue weighted by Gasteiger charge is -2.27. The summed E-state index contributed by atoms with van der Waals surface area (Å²) in [4.78, 5) is 38.6. The van der Waals surface area contributed by atoms with E-state index >= 15 is 0 Å². The normalized spacial score (nSPS) is 13.5. The number of carbonyl (C=O) groups is 3. The second-order valence-corrected chi connectivity index (χ2v) is 8.59. The number of ether oxygens (including phenoxy) is 1. The van der Waals surface area contributed by atoms with Crippen LogP contribution in [0.3, 0.4) is 0 Å².